The molecule has 0 bridgehead atoms. The minimum Gasteiger partial charge on any atom is -0.353 e. The molecule has 1 aliphatic rings. The van der Waals surface area contributed by atoms with Gasteiger partial charge in [-0.25, -0.2) is 0 Å². The zero-order valence-electron chi connectivity index (χ0n) is 18.2. The van der Waals surface area contributed by atoms with Gasteiger partial charge in [-0.05, 0) is 66.0 Å². The molecule has 4 aromatic rings. The van der Waals surface area contributed by atoms with Crippen molar-refractivity contribution in [2.45, 2.75) is 6.42 Å². The number of halogens is 1. The highest BCUT2D eigenvalue weighted by atomic mass is 35.5. The minimum atomic E-state index is -0.122. The van der Waals surface area contributed by atoms with Crippen molar-refractivity contribution in [3.8, 4) is 0 Å². The number of benzene rings is 3. The van der Waals surface area contributed by atoms with Gasteiger partial charge in [-0.15, -0.1) is 0 Å². The predicted molar refractivity (Wildman–Crippen MR) is 138 cm³/mol. The van der Waals surface area contributed by atoms with E-state index in [0.717, 1.165) is 56.2 Å². The molecule has 7 heteroatoms. The van der Waals surface area contributed by atoms with Crippen LogP contribution >= 0.6 is 23.1 Å². The third-order valence-electron chi connectivity index (χ3n) is 6.10. The van der Waals surface area contributed by atoms with E-state index in [9.17, 15) is 4.79 Å². The number of para-hydroxylation sites is 1. The van der Waals surface area contributed by atoms with Gasteiger partial charge >= 0.3 is 0 Å². The second kappa shape index (κ2) is 9.91. The average molecular weight is 477 g/mol. The van der Waals surface area contributed by atoms with Crippen molar-refractivity contribution in [1.82, 2.24) is 9.27 Å². The average Bonchev–Trinajstić information content (AvgIpc) is 3.28. The van der Waals surface area contributed by atoms with Crippen LogP contribution in [0.5, 0.6) is 0 Å². The molecule has 1 fully saturated rings. The quantitative estimate of drug-likeness (QED) is 0.395. The second-order valence-electron chi connectivity index (χ2n) is 8.20. The maximum atomic E-state index is 12.7. The van der Waals surface area contributed by atoms with Crippen LogP contribution in [0.15, 0.2) is 72.8 Å². The third kappa shape index (κ3) is 5.03. The van der Waals surface area contributed by atoms with E-state index in [-0.39, 0.29) is 5.91 Å². The van der Waals surface area contributed by atoms with E-state index < -0.39 is 0 Å². The molecule has 2 heterocycles. The Bertz CT molecular complexity index is 1250. The molecular weight excluding hydrogens is 452 g/mol. The number of fused-ring (bicyclic) bond motifs is 1. The van der Waals surface area contributed by atoms with Crippen molar-refractivity contribution < 1.29 is 4.79 Å². The van der Waals surface area contributed by atoms with E-state index >= 15 is 0 Å². The van der Waals surface area contributed by atoms with Crippen LogP contribution in [0.2, 0.25) is 5.02 Å². The summed E-state index contributed by atoms with van der Waals surface area (Å²) in [4.78, 5) is 17.5. The highest BCUT2D eigenvalue weighted by molar-refractivity contribution is 7.13. The van der Waals surface area contributed by atoms with Crippen LogP contribution in [0.1, 0.15) is 15.9 Å². The number of carbonyl (C=O) groups is 1. The number of rotatable bonds is 6. The summed E-state index contributed by atoms with van der Waals surface area (Å²) < 4.78 is 5.95. The first-order valence-electron chi connectivity index (χ1n) is 11.1. The molecule has 0 unspecified atom stereocenters. The summed E-state index contributed by atoms with van der Waals surface area (Å²) in [6.07, 6.45) is 0.886. The Morgan fingerprint density at radius 1 is 0.939 bits per heavy atom. The van der Waals surface area contributed by atoms with Gasteiger partial charge in [-0.3, -0.25) is 9.69 Å². The maximum absolute atomic E-state index is 12.7. The first-order chi connectivity index (χ1) is 16.2. The number of anilines is 2. The number of amides is 1. The molecule has 5 rings (SSSR count). The van der Waals surface area contributed by atoms with Gasteiger partial charge in [0.2, 0.25) is 0 Å². The first-order valence-corrected chi connectivity index (χ1v) is 12.3. The molecule has 0 spiro atoms. The molecule has 33 heavy (non-hydrogen) atoms. The molecule has 1 aliphatic heterocycles. The number of piperazine rings is 1. The summed E-state index contributed by atoms with van der Waals surface area (Å²) in [7, 11) is 0. The lowest BCUT2D eigenvalue weighted by molar-refractivity contribution is 0.102. The topological polar surface area (TPSA) is 48.5 Å². The zero-order valence-corrected chi connectivity index (χ0v) is 19.8. The summed E-state index contributed by atoms with van der Waals surface area (Å²) in [6.45, 7) is 4.92. The van der Waals surface area contributed by atoms with Gasteiger partial charge in [0.05, 0.1) is 4.70 Å². The van der Waals surface area contributed by atoms with Gasteiger partial charge < -0.3 is 10.2 Å². The van der Waals surface area contributed by atoms with Crippen LogP contribution in [0.4, 0.5) is 11.5 Å². The number of hydrogen-bond acceptors (Lipinski definition) is 5. The van der Waals surface area contributed by atoms with E-state index in [1.807, 2.05) is 18.2 Å². The lowest BCUT2D eigenvalue weighted by Crippen LogP contribution is -2.47. The van der Waals surface area contributed by atoms with Crippen molar-refractivity contribution in [2.75, 3.05) is 42.9 Å². The van der Waals surface area contributed by atoms with Crippen molar-refractivity contribution in [2.24, 2.45) is 0 Å². The normalized spacial score (nSPS) is 14.5. The van der Waals surface area contributed by atoms with Gasteiger partial charge in [-0.1, -0.05) is 41.9 Å². The maximum Gasteiger partial charge on any atom is 0.255 e. The van der Waals surface area contributed by atoms with E-state index in [0.29, 0.717) is 10.6 Å². The number of carbonyl (C=O) groups excluding carboxylic acids is 1. The Morgan fingerprint density at radius 2 is 1.67 bits per heavy atom. The highest BCUT2D eigenvalue weighted by Gasteiger charge is 2.21. The molecule has 0 aliphatic carbocycles. The van der Waals surface area contributed by atoms with Crippen LogP contribution in [0.3, 0.4) is 0 Å². The van der Waals surface area contributed by atoms with Crippen LogP contribution in [0.25, 0.3) is 10.1 Å². The molecular formula is C26H25ClN4OS. The van der Waals surface area contributed by atoms with E-state index in [1.54, 1.807) is 35.8 Å². The molecule has 0 atom stereocenters. The molecule has 1 N–H and O–H groups in total. The fraction of sp³-hybridized carbons (Fsp3) is 0.231. The number of hydrogen-bond donors (Lipinski definition) is 1. The Morgan fingerprint density at radius 3 is 2.48 bits per heavy atom. The lowest BCUT2D eigenvalue weighted by Gasteiger charge is -2.35. The SMILES string of the molecule is O=C(Nc1ccccc1CCN1CCN(c2nsc3ccccc23)CC1)c1ccc(Cl)cc1. The predicted octanol–water partition coefficient (Wildman–Crippen LogP) is 5.57. The molecule has 0 radical (unpaired) electrons. The van der Waals surface area contributed by atoms with E-state index in [4.69, 9.17) is 16.0 Å². The van der Waals surface area contributed by atoms with Crippen LogP contribution in [-0.4, -0.2) is 47.9 Å². The molecule has 1 amide bonds. The number of nitrogens with zero attached hydrogens (tertiary/aromatic N) is 3. The molecule has 3 aromatic carbocycles. The van der Waals surface area contributed by atoms with E-state index in [2.05, 4.69) is 45.4 Å². The minimum absolute atomic E-state index is 0.122. The molecule has 1 saturated heterocycles. The fourth-order valence-corrected chi connectivity index (χ4v) is 5.14. The summed E-state index contributed by atoms with van der Waals surface area (Å²) in [5.74, 6) is 0.994. The van der Waals surface area contributed by atoms with Gasteiger partial charge in [0.25, 0.3) is 5.91 Å². The van der Waals surface area contributed by atoms with Crippen molar-refractivity contribution in [3.05, 3.63) is 88.9 Å². The van der Waals surface area contributed by atoms with Gasteiger partial charge in [0, 0.05) is 54.4 Å². The van der Waals surface area contributed by atoms with Gasteiger partial charge in [0.1, 0.15) is 5.82 Å². The van der Waals surface area contributed by atoms with E-state index in [1.165, 1.54) is 10.1 Å². The molecule has 5 nitrogen and oxygen atoms in total. The number of nitrogens with one attached hydrogen (secondary N) is 1. The summed E-state index contributed by atoms with van der Waals surface area (Å²) in [6, 6.07) is 23.4. The van der Waals surface area contributed by atoms with Crippen LogP contribution in [-0.2, 0) is 6.42 Å². The second-order valence-corrected chi connectivity index (χ2v) is 9.44. The van der Waals surface area contributed by atoms with Crippen molar-refractivity contribution in [1.29, 1.82) is 0 Å². The van der Waals surface area contributed by atoms with Crippen molar-refractivity contribution in [3.63, 3.8) is 0 Å². The third-order valence-corrected chi connectivity index (χ3v) is 7.17. The molecule has 168 valence electrons. The standard InChI is InChI=1S/C26H25ClN4OS/c27-21-11-9-20(10-12-21)26(32)28-23-7-3-1-5-19(23)13-14-30-15-17-31(18-16-30)25-22-6-2-4-8-24(22)33-29-25/h1-12H,13-18H2,(H,28,32). The molecule has 1 aromatic heterocycles. The smallest absolute Gasteiger partial charge is 0.255 e. The van der Waals surface area contributed by atoms with Crippen LogP contribution in [0, 0.1) is 0 Å². The van der Waals surface area contributed by atoms with Crippen molar-refractivity contribution >= 4 is 50.6 Å². The first kappa shape index (κ1) is 21.9. The Hall–Kier alpha value is -2.93. The molecule has 0 saturated carbocycles. The van der Waals surface area contributed by atoms with Crippen LogP contribution < -0.4 is 10.2 Å². The largest absolute Gasteiger partial charge is 0.353 e. The summed E-state index contributed by atoms with van der Waals surface area (Å²) >= 11 is 7.51. The lowest BCUT2D eigenvalue weighted by atomic mass is 10.1. The van der Waals surface area contributed by atoms with Gasteiger partial charge in [0.15, 0.2) is 0 Å². The fourth-order valence-electron chi connectivity index (χ4n) is 4.22. The Labute approximate surface area is 202 Å². The Kier molecular flexibility index (Phi) is 6.58. The Balaban J connectivity index is 1.18. The summed E-state index contributed by atoms with van der Waals surface area (Å²) in [5.41, 5.74) is 2.61. The number of aromatic nitrogens is 1. The zero-order chi connectivity index (χ0) is 22.6. The highest BCUT2D eigenvalue weighted by Crippen LogP contribution is 2.30. The summed E-state index contributed by atoms with van der Waals surface area (Å²) in [5, 5.41) is 4.93. The monoisotopic (exact) mass is 476 g/mol. The van der Waals surface area contributed by atoms with Gasteiger partial charge in [-0.2, -0.15) is 4.37 Å².